The summed E-state index contributed by atoms with van der Waals surface area (Å²) in [7, 11) is 1.71. The summed E-state index contributed by atoms with van der Waals surface area (Å²) in [6, 6.07) is 0.348. The molecule has 0 saturated heterocycles. The fourth-order valence-electron chi connectivity index (χ4n) is 0.993. The molecule has 0 radical (unpaired) electrons. The Morgan fingerprint density at radius 1 is 1.46 bits per heavy atom. The normalized spacial score (nSPS) is 15.5. The summed E-state index contributed by atoms with van der Waals surface area (Å²) in [6.07, 6.45) is 2.09. The van der Waals surface area contributed by atoms with Crippen LogP contribution in [0, 0.1) is 0 Å². The molecule has 0 bridgehead atoms. The van der Waals surface area contributed by atoms with Crippen molar-refractivity contribution in [3.63, 3.8) is 0 Å². The second-order valence-corrected chi connectivity index (χ2v) is 3.12. The molecule has 0 spiro atoms. The van der Waals surface area contributed by atoms with Gasteiger partial charge in [-0.2, -0.15) is 0 Å². The lowest BCUT2D eigenvalue weighted by Gasteiger charge is -2.15. The van der Waals surface area contributed by atoms with Gasteiger partial charge < -0.3 is 14.7 Å². The predicted molar refractivity (Wildman–Crippen MR) is 44.2 cm³/mol. The summed E-state index contributed by atoms with van der Waals surface area (Å²) < 4.78 is 4.67. The molecule has 5 nitrogen and oxygen atoms in total. The van der Waals surface area contributed by atoms with Crippen molar-refractivity contribution in [3.05, 3.63) is 0 Å². The second kappa shape index (κ2) is 4.23. The van der Waals surface area contributed by atoms with Crippen LogP contribution in [-0.4, -0.2) is 48.2 Å². The Balaban J connectivity index is 2.13. The van der Waals surface area contributed by atoms with Crippen molar-refractivity contribution in [2.45, 2.75) is 18.9 Å². The van der Waals surface area contributed by atoms with Gasteiger partial charge in [-0.25, -0.2) is 4.79 Å². The first-order valence-electron chi connectivity index (χ1n) is 4.16. The number of ether oxygens (including phenoxy) is 1. The smallest absolute Gasteiger partial charge is 0.329 e. The zero-order chi connectivity index (χ0) is 9.84. The number of carboxylic acids is 1. The van der Waals surface area contributed by atoms with Crippen LogP contribution < -0.4 is 0 Å². The topological polar surface area (TPSA) is 66.8 Å². The summed E-state index contributed by atoms with van der Waals surface area (Å²) in [6.45, 7) is -0.552. The molecule has 1 N–H and O–H groups in total. The number of amides is 1. The Kier molecular flexibility index (Phi) is 3.25. The van der Waals surface area contributed by atoms with E-state index in [4.69, 9.17) is 5.11 Å². The molecule has 0 unspecified atom stereocenters. The van der Waals surface area contributed by atoms with Crippen LogP contribution in [-0.2, 0) is 14.3 Å². The molecule has 0 aromatic heterocycles. The van der Waals surface area contributed by atoms with Gasteiger partial charge in [0.25, 0.3) is 0 Å². The van der Waals surface area contributed by atoms with E-state index in [0.717, 1.165) is 12.8 Å². The minimum Gasteiger partial charge on any atom is -0.480 e. The average Bonchev–Trinajstić information content (AvgIpc) is 2.84. The molecule has 0 aromatic carbocycles. The zero-order valence-corrected chi connectivity index (χ0v) is 7.52. The van der Waals surface area contributed by atoms with Crippen LogP contribution in [0.5, 0.6) is 0 Å². The number of carbonyl (C=O) groups excluding carboxylic acids is 1. The van der Waals surface area contributed by atoms with Crippen molar-refractivity contribution in [2.75, 3.05) is 20.3 Å². The van der Waals surface area contributed by atoms with E-state index in [1.807, 2.05) is 0 Å². The Labute approximate surface area is 76.3 Å². The molecular weight excluding hydrogens is 174 g/mol. The van der Waals surface area contributed by atoms with Gasteiger partial charge in [-0.1, -0.05) is 0 Å². The number of hydrogen-bond acceptors (Lipinski definition) is 3. The largest absolute Gasteiger partial charge is 0.480 e. The van der Waals surface area contributed by atoms with Gasteiger partial charge in [-0.15, -0.1) is 0 Å². The van der Waals surface area contributed by atoms with E-state index in [9.17, 15) is 9.59 Å². The number of carboxylic acid groups (broad SMARTS) is 1. The first-order chi connectivity index (χ1) is 6.11. The minimum atomic E-state index is -1.05. The standard InChI is InChI=1S/C8H13NO4/c1-9(6-2-3-6)7(10)4-13-5-8(11)12/h6H,2-5H2,1H3,(H,11,12). The fourth-order valence-corrected chi connectivity index (χ4v) is 0.993. The number of aliphatic carboxylic acids is 1. The number of nitrogens with zero attached hydrogens (tertiary/aromatic N) is 1. The molecule has 1 fully saturated rings. The second-order valence-electron chi connectivity index (χ2n) is 3.12. The van der Waals surface area contributed by atoms with Crippen LogP contribution in [0.4, 0.5) is 0 Å². The summed E-state index contributed by atoms with van der Waals surface area (Å²) in [4.78, 5) is 22.9. The molecule has 0 aliphatic heterocycles. The molecule has 1 saturated carbocycles. The van der Waals surface area contributed by atoms with E-state index in [0.29, 0.717) is 6.04 Å². The van der Waals surface area contributed by atoms with E-state index in [2.05, 4.69) is 4.74 Å². The quantitative estimate of drug-likeness (QED) is 0.642. The van der Waals surface area contributed by atoms with Crippen molar-refractivity contribution >= 4 is 11.9 Å². The predicted octanol–water partition coefficient (Wildman–Crippen LogP) is -0.292. The Hall–Kier alpha value is -1.10. The highest BCUT2D eigenvalue weighted by Gasteiger charge is 2.29. The summed E-state index contributed by atoms with van der Waals surface area (Å²) >= 11 is 0. The van der Waals surface area contributed by atoms with Crippen molar-refractivity contribution < 1.29 is 19.4 Å². The molecule has 0 aromatic rings. The molecule has 1 rings (SSSR count). The highest BCUT2D eigenvalue weighted by atomic mass is 16.5. The molecule has 1 aliphatic carbocycles. The van der Waals surface area contributed by atoms with Crippen LogP contribution in [0.1, 0.15) is 12.8 Å². The number of hydrogen-bond donors (Lipinski definition) is 1. The van der Waals surface area contributed by atoms with Crippen LogP contribution in [0.25, 0.3) is 0 Å². The van der Waals surface area contributed by atoms with Gasteiger partial charge in [-0.05, 0) is 12.8 Å². The van der Waals surface area contributed by atoms with Crippen molar-refractivity contribution in [2.24, 2.45) is 0 Å². The highest BCUT2D eigenvalue weighted by Crippen LogP contribution is 2.25. The molecule has 0 atom stereocenters. The third kappa shape index (κ3) is 3.42. The molecule has 1 amide bonds. The van der Waals surface area contributed by atoms with E-state index in [1.165, 1.54) is 0 Å². The lowest BCUT2D eigenvalue weighted by atomic mass is 10.5. The van der Waals surface area contributed by atoms with Gasteiger partial charge in [0.15, 0.2) is 0 Å². The van der Waals surface area contributed by atoms with Crippen LogP contribution in [0.3, 0.4) is 0 Å². The first-order valence-corrected chi connectivity index (χ1v) is 4.16. The van der Waals surface area contributed by atoms with Gasteiger partial charge in [0.05, 0.1) is 0 Å². The summed E-state index contributed by atoms with van der Waals surface area (Å²) in [5.41, 5.74) is 0. The third-order valence-corrected chi connectivity index (χ3v) is 1.94. The van der Waals surface area contributed by atoms with E-state index >= 15 is 0 Å². The summed E-state index contributed by atoms with van der Waals surface area (Å²) in [5, 5.41) is 8.24. The number of carbonyl (C=O) groups is 2. The average molecular weight is 187 g/mol. The molecule has 5 heteroatoms. The lowest BCUT2D eigenvalue weighted by Crippen LogP contribution is -2.32. The molecule has 1 aliphatic rings. The van der Waals surface area contributed by atoms with Crippen molar-refractivity contribution in [1.29, 1.82) is 0 Å². The molecule has 13 heavy (non-hydrogen) atoms. The van der Waals surface area contributed by atoms with Gasteiger partial charge in [0.1, 0.15) is 13.2 Å². The third-order valence-electron chi connectivity index (χ3n) is 1.94. The Morgan fingerprint density at radius 3 is 2.54 bits per heavy atom. The monoisotopic (exact) mass is 187 g/mol. The van der Waals surface area contributed by atoms with Crippen LogP contribution in [0.2, 0.25) is 0 Å². The Morgan fingerprint density at radius 2 is 2.08 bits per heavy atom. The number of rotatable bonds is 5. The molecule has 0 heterocycles. The minimum absolute atomic E-state index is 0.140. The number of likely N-dealkylation sites (N-methyl/N-ethyl adjacent to an activating group) is 1. The van der Waals surface area contributed by atoms with Crippen LogP contribution in [0.15, 0.2) is 0 Å². The van der Waals surface area contributed by atoms with Crippen LogP contribution >= 0.6 is 0 Å². The maximum atomic E-state index is 11.2. The Bertz CT molecular complexity index is 212. The van der Waals surface area contributed by atoms with E-state index in [-0.39, 0.29) is 12.5 Å². The maximum absolute atomic E-state index is 11.2. The SMILES string of the molecule is CN(C(=O)COCC(=O)O)C1CC1. The van der Waals surface area contributed by atoms with Gasteiger partial charge in [0.2, 0.25) is 5.91 Å². The first kappa shape index (κ1) is 9.98. The van der Waals surface area contributed by atoms with Crippen molar-refractivity contribution in [1.82, 2.24) is 4.90 Å². The van der Waals surface area contributed by atoms with Crippen molar-refractivity contribution in [3.8, 4) is 0 Å². The maximum Gasteiger partial charge on any atom is 0.329 e. The summed E-state index contributed by atoms with van der Waals surface area (Å²) in [5.74, 6) is -1.20. The van der Waals surface area contributed by atoms with Gasteiger partial charge in [0, 0.05) is 13.1 Å². The molecular formula is C8H13NO4. The zero-order valence-electron chi connectivity index (χ0n) is 7.52. The van der Waals surface area contributed by atoms with E-state index < -0.39 is 12.6 Å². The molecule has 74 valence electrons. The van der Waals surface area contributed by atoms with Gasteiger partial charge >= 0.3 is 5.97 Å². The van der Waals surface area contributed by atoms with Gasteiger partial charge in [-0.3, -0.25) is 4.79 Å². The van der Waals surface area contributed by atoms with E-state index in [1.54, 1.807) is 11.9 Å². The lowest BCUT2D eigenvalue weighted by molar-refractivity contribution is -0.145. The fraction of sp³-hybridized carbons (Fsp3) is 0.750. The highest BCUT2D eigenvalue weighted by molar-refractivity contribution is 5.78.